The van der Waals surface area contributed by atoms with Crippen LogP contribution in [0.15, 0.2) is 24.3 Å². The Balaban J connectivity index is 1.96. The molecule has 0 spiro atoms. The Labute approximate surface area is 105 Å². The first-order valence-corrected chi connectivity index (χ1v) is 5.81. The average molecular weight is 249 g/mol. The minimum atomic E-state index is -0.421. The fraction of sp³-hybridized carbons (Fsp3) is 0.385. The van der Waals surface area contributed by atoms with Crippen LogP contribution in [0.25, 0.3) is 0 Å². The molecule has 5 heteroatoms. The van der Waals surface area contributed by atoms with Crippen molar-refractivity contribution in [3.8, 4) is 11.5 Å². The van der Waals surface area contributed by atoms with Gasteiger partial charge in [0.25, 0.3) is 0 Å². The second-order valence-corrected chi connectivity index (χ2v) is 4.07. The maximum Gasteiger partial charge on any atom is 0.415 e. The van der Waals surface area contributed by atoms with E-state index in [0.717, 1.165) is 0 Å². The molecule has 0 aliphatic carbocycles. The number of hydrogen-bond acceptors (Lipinski definition) is 4. The number of carbonyl (C=O) groups excluding carboxylic acids is 2. The summed E-state index contributed by atoms with van der Waals surface area (Å²) in [5, 5.41) is 0. The molecule has 1 aliphatic rings. The molecule has 2 rings (SSSR count). The van der Waals surface area contributed by atoms with Gasteiger partial charge in [-0.1, -0.05) is 6.07 Å². The molecule has 1 fully saturated rings. The predicted octanol–water partition coefficient (Wildman–Crippen LogP) is 1.86. The normalized spacial score (nSPS) is 15.4. The molecule has 1 saturated heterocycles. The topological polar surface area (TPSA) is 55.8 Å². The van der Waals surface area contributed by atoms with Crippen LogP contribution in [0.3, 0.4) is 0 Å². The van der Waals surface area contributed by atoms with Gasteiger partial charge in [0, 0.05) is 32.0 Å². The number of nitrogens with zero attached hydrogens (tertiary/aromatic N) is 1. The minimum Gasteiger partial charge on any atom is -0.497 e. The number of piperidine rings is 1. The summed E-state index contributed by atoms with van der Waals surface area (Å²) in [5.41, 5.74) is 0. The van der Waals surface area contributed by atoms with Crippen molar-refractivity contribution in [2.24, 2.45) is 0 Å². The molecule has 1 aromatic carbocycles. The van der Waals surface area contributed by atoms with Crippen LogP contribution >= 0.6 is 0 Å². The summed E-state index contributed by atoms with van der Waals surface area (Å²) < 4.78 is 10.3. The molecule has 0 bridgehead atoms. The number of methoxy groups -OCH3 is 1. The first kappa shape index (κ1) is 12.4. The first-order valence-electron chi connectivity index (χ1n) is 5.81. The van der Waals surface area contributed by atoms with Gasteiger partial charge in [0.2, 0.25) is 0 Å². The molecule has 0 aromatic heterocycles. The second-order valence-electron chi connectivity index (χ2n) is 4.07. The number of likely N-dealkylation sites (tertiary alicyclic amines) is 1. The quantitative estimate of drug-likeness (QED) is 0.802. The molecule has 0 unspecified atom stereocenters. The van der Waals surface area contributed by atoms with Crippen molar-refractivity contribution >= 4 is 11.9 Å². The van der Waals surface area contributed by atoms with Crippen molar-refractivity contribution in [3.05, 3.63) is 24.3 Å². The van der Waals surface area contributed by atoms with Gasteiger partial charge in [-0.25, -0.2) is 4.79 Å². The highest BCUT2D eigenvalue weighted by atomic mass is 16.6. The maximum atomic E-state index is 11.8. The number of amides is 1. The molecule has 1 heterocycles. The lowest BCUT2D eigenvalue weighted by atomic mass is 10.1. The Morgan fingerprint density at radius 3 is 2.56 bits per heavy atom. The largest absolute Gasteiger partial charge is 0.497 e. The third-order valence-electron chi connectivity index (χ3n) is 2.83. The molecule has 1 amide bonds. The van der Waals surface area contributed by atoms with Crippen molar-refractivity contribution < 1.29 is 19.1 Å². The number of Topliss-reactive ketones (excluding diaryl/α,β-unsaturated/α-hetero) is 1. The molecule has 0 radical (unpaired) electrons. The standard InChI is InChI=1S/C13H15NO4/c1-17-11-3-2-4-12(9-11)18-13(16)14-7-5-10(15)6-8-14/h2-4,9H,5-8H2,1H3. The van der Waals surface area contributed by atoms with Crippen LogP contribution in [0.1, 0.15) is 12.8 Å². The van der Waals surface area contributed by atoms with Gasteiger partial charge >= 0.3 is 6.09 Å². The highest BCUT2D eigenvalue weighted by molar-refractivity contribution is 5.81. The average Bonchev–Trinajstić information content (AvgIpc) is 2.39. The van der Waals surface area contributed by atoms with Crippen LogP contribution in [0.4, 0.5) is 4.79 Å². The Morgan fingerprint density at radius 1 is 1.22 bits per heavy atom. The van der Waals surface area contributed by atoms with Crippen molar-refractivity contribution in [2.45, 2.75) is 12.8 Å². The zero-order chi connectivity index (χ0) is 13.0. The van der Waals surface area contributed by atoms with Gasteiger partial charge in [-0.3, -0.25) is 4.79 Å². The maximum absolute atomic E-state index is 11.8. The van der Waals surface area contributed by atoms with Gasteiger partial charge in [-0.2, -0.15) is 0 Å². The van der Waals surface area contributed by atoms with Crippen molar-refractivity contribution in [3.63, 3.8) is 0 Å². The van der Waals surface area contributed by atoms with Crippen LogP contribution in [0.5, 0.6) is 11.5 Å². The number of ketones is 1. The van der Waals surface area contributed by atoms with E-state index >= 15 is 0 Å². The van der Waals surface area contributed by atoms with Gasteiger partial charge in [-0.05, 0) is 12.1 Å². The van der Waals surface area contributed by atoms with Gasteiger partial charge in [0.05, 0.1) is 7.11 Å². The van der Waals surface area contributed by atoms with Crippen LogP contribution in [-0.2, 0) is 4.79 Å². The van der Waals surface area contributed by atoms with Crippen molar-refractivity contribution in [1.82, 2.24) is 4.90 Å². The molecule has 18 heavy (non-hydrogen) atoms. The van der Waals surface area contributed by atoms with E-state index in [2.05, 4.69) is 0 Å². The molecule has 1 aromatic rings. The Morgan fingerprint density at radius 2 is 1.89 bits per heavy atom. The molecule has 96 valence electrons. The van der Waals surface area contributed by atoms with E-state index in [9.17, 15) is 9.59 Å². The molecule has 0 N–H and O–H groups in total. The zero-order valence-corrected chi connectivity index (χ0v) is 10.2. The van der Waals surface area contributed by atoms with E-state index in [1.165, 1.54) is 0 Å². The van der Waals surface area contributed by atoms with Gasteiger partial charge in [0.15, 0.2) is 0 Å². The SMILES string of the molecule is COc1cccc(OC(=O)N2CCC(=O)CC2)c1. The Bertz CT molecular complexity index is 448. The molecule has 1 aliphatic heterocycles. The van der Waals surface area contributed by atoms with Gasteiger partial charge in [0.1, 0.15) is 17.3 Å². The molecule has 0 saturated carbocycles. The number of benzene rings is 1. The van der Waals surface area contributed by atoms with Gasteiger partial charge in [-0.15, -0.1) is 0 Å². The lowest BCUT2D eigenvalue weighted by molar-refractivity contribution is -0.121. The number of carbonyl (C=O) groups is 2. The molecule has 5 nitrogen and oxygen atoms in total. The fourth-order valence-corrected chi connectivity index (χ4v) is 1.77. The minimum absolute atomic E-state index is 0.195. The van der Waals surface area contributed by atoms with E-state index in [1.807, 2.05) is 0 Å². The summed E-state index contributed by atoms with van der Waals surface area (Å²) in [6, 6.07) is 6.86. The zero-order valence-electron chi connectivity index (χ0n) is 10.2. The van der Waals surface area contributed by atoms with E-state index in [1.54, 1.807) is 36.3 Å². The highest BCUT2D eigenvalue weighted by Gasteiger charge is 2.22. The lowest BCUT2D eigenvalue weighted by Crippen LogP contribution is -2.40. The monoisotopic (exact) mass is 249 g/mol. The van der Waals surface area contributed by atoms with Crippen LogP contribution in [0.2, 0.25) is 0 Å². The summed E-state index contributed by atoms with van der Waals surface area (Å²) in [7, 11) is 1.55. The molecular formula is C13H15NO4. The van der Waals surface area contributed by atoms with E-state index in [4.69, 9.17) is 9.47 Å². The molecular weight excluding hydrogens is 234 g/mol. The summed E-state index contributed by atoms with van der Waals surface area (Å²) >= 11 is 0. The Kier molecular flexibility index (Phi) is 3.82. The Hall–Kier alpha value is -2.04. The number of rotatable bonds is 2. The van der Waals surface area contributed by atoms with E-state index in [0.29, 0.717) is 37.4 Å². The smallest absolute Gasteiger partial charge is 0.415 e. The van der Waals surface area contributed by atoms with Crippen LogP contribution in [0, 0.1) is 0 Å². The van der Waals surface area contributed by atoms with Crippen molar-refractivity contribution in [1.29, 1.82) is 0 Å². The number of ether oxygens (including phenoxy) is 2. The third kappa shape index (κ3) is 3.00. The highest BCUT2D eigenvalue weighted by Crippen LogP contribution is 2.20. The molecule has 0 atom stereocenters. The summed E-state index contributed by atoms with van der Waals surface area (Å²) in [6.45, 7) is 0.864. The predicted molar refractivity (Wildman–Crippen MR) is 64.8 cm³/mol. The fourth-order valence-electron chi connectivity index (χ4n) is 1.77. The first-order chi connectivity index (χ1) is 8.69. The summed E-state index contributed by atoms with van der Waals surface area (Å²) in [5.74, 6) is 1.27. The van der Waals surface area contributed by atoms with E-state index < -0.39 is 6.09 Å². The lowest BCUT2D eigenvalue weighted by Gasteiger charge is -2.25. The third-order valence-corrected chi connectivity index (χ3v) is 2.83. The van der Waals surface area contributed by atoms with E-state index in [-0.39, 0.29) is 5.78 Å². The van der Waals surface area contributed by atoms with Gasteiger partial charge < -0.3 is 14.4 Å². The van der Waals surface area contributed by atoms with Crippen LogP contribution < -0.4 is 9.47 Å². The summed E-state index contributed by atoms with van der Waals surface area (Å²) in [4.78, 5) is 24.4. The second kappa shape index (κ2) is 5.53. The van der Waals surface area contributed by atoms with Crippen LogP contribution in [-0.4, -0.2) is 37.0 Å². The van der Waals surface area contributed by atoms with Crippen molar-refractivity contribution in [2.75, 3.05) is 20.2 Å². The number of hydrogen-bond donors (Lipinski definition) is 0. The summed E-state index contributed by atoms with van der Waals surface area (Å²) in [6.07, 6.45) is 0.399.